The fourth-order valence-electron chi connectivity index (χ4n) is 3.25. The van der Waals surface area contributed by atoms with Crippen LogP contribution in [0.25, 0.3) is 10.8 Å². The Kier molecular flexibility index (Phi) is 5.12. The maximum Gasteiger partial charge on any atom is 0.218 e. The predicted molar refractivity (Wildman–Crippen MR) is 113 cm³/mol. The number of nitriles is 1. The Morgan fingerprint density at radius 1 is 0.931 bits per heavy atom. The highest BCUT2D eigenvalue weighted by molar-refractivity contribution is 6.05. The van der Waals surface area contributed by atoms with Gasteiger partial charge in [-0.2, -0.15) is 5.26 Å². The van der Waals surface area contributed by atoms with Crippen LogP contribution in [0.5, 0.6) is 0 Å². The first-order valence-electron chi connectivity index (χ1n) is 9.06. The highest BCUT2D eigenvalue weighted by Crippen LogP contribution is 2.35. The zero-order valence-electron chi connectivity index (χ0n) is 15.5. The standard InChI is InChI=1S/C23H17N5O/c24-14-18-7-8-21(20-5-2-1-4-19(18)20)28(16-29)22-6-3-11-26-23(22)27-15-17-9-12-25-13-10-17/h1-13,16H,15H2,(H,26,27). The molecule has 0 aliphatic heterocycles. The largest absolute Gasteiger partial charge is 0.364 e. The molecule has 1 amide bonds. The lowest BCUT2D eigenvalue weighted by molar-refractivity contribution is -0.106. The second-order valence-corrected chi connectivity index (χ2v) is 6.35. The van der Waals surface area contributed by atoms with Gasteiger partial charge in [0.25, 0.3) is 0 Å². The fourth-order valence-corrected chi connectivity index (χ4v) is 3.25. The van der Waals surface area contributed by atoms with Crippen LogP contribution in [-0.2, 0) is 11.3 Å². The second-order valence-electron chi connectivity index (χ2n) is 6.35. The number of hydrogen-bond acceptors (Lipinski definition) is 5. The molecule has 0 radical (unpaired) electrons. The van der Waals surface area contributed by atoms with Gasteiger partial charge in [-0.15, -0.1) is 0 Å². The molecule has 2 heterocycles. The van der Waals surface area contributed by atoms with Crippen molar-refractivity contribution in [2.75, 3.05) is 10.2 Å². The number of aromatic nitrogens is 2. The van der Waals surface area contributed by atoms with Crippen LogP contribution in [-0.4, -0.2) is 16.4 Å². The zero-order chi connectivity index (χ0) is 20.1. The molecule has 0 aliphatic rings. The first kappa shape index (κ1) is 18.1. The van der Waals surface area contributed by atoms with E-state index in [2.05, 4.69) is 21.4 Å². The second kappa shape index (κ2) is 8.19. The van der Waals surface area contributed by atoms with Crippen LogP contribution in [0.15, 0.2) is 79.3 Å². The number of hydrogen-bond donors (Lipinski definition) is 1. The van der Waals surface area contributed by atoms with E-state index >= 15 is 0 Å². The van der Waals surface area contributed by atoms with E-state index in [1.54, 1.807) is 41.7 Å². The van der Waals surface area contributed by atoms with Crippen molar-refractivity contribution >= 4 is 34.4 Å². The van der Waals surface area contributed by atoms with Gasteiger partial charge in [0.15, 0.2) is 5.82 Å². The molecule has 2 aromatic heterocycles. The van der Waals surface area contributed by atoms with E-state index in [1.807, 2.05) is 42.5 Å². The molecule has 0 spiro atoms. The quantitative estimate of drug-likeness (QED) is 0.502. The minimum absolute atomic E-state index is 0.549. The topological polar surface area (TPSA) is 81.9 Å². The number of carbonyl (C=O) groups is 1. The van der Waals surface area contributed by atoms with Crippen LogP contribution < -0.4 is 10.2 Å². The summed E-state index contributed by atoms with van der Waals surface area (Å²) in [6.45, 7) is 0.549. The molecule has 0 fully saturated rings. The molecule has 0 atom stereocenters. The Bertz CT molecular complexity index is 1200. The highest BCUT2D eigenvalue weighted by atomic mass is 16.1. The average Bonchev–Trinajstić information content (AvgIpc) is 2.79. The Labute approximate surface area is 168 Å². The molecule has 0 bridgehead atoms. The van der Waals surface area contributed by atoms with Crippen molar-refractivity contribution in [1.82, 2.24) is 9.97 Å². The van der Waals surface area contributed by atoms with Crippen LogP contribution in [0.3, 0.4) is 0 Å². The minimum atomic E-state index is 0.549. The van der Waals surface area contributed by atoms with Crippen LogP contribution in [0.4, 0.5) is 17.2 Å². The first-order chi connectivity index (χ1) is 14.3. The predicted octanol–water partition coefficient (Wildman–Crippen LogP) is 4.41. The first-order valence-corrected chi connectivity index (χ1v) is 9.06. The molecule has 0 saturated heterocycles. The van der Waals surface area contributed by atoms with Gasteiger partial charge in [0.1, 0.15) is 0 Å². The SMILES string of the molecule is N#Cc1ccc(N(C=O)c2cccnc2NCc2ccncc2)c2ccccc12. The maximum absolute atomic E-state index is 12.1. The van der Waals surface area contributed by atoms with Crippen molar-refractivity contribution in [3.8, 4) is 6.07 Å². The number of rotatable bonds is 6. The summed E-state index contributed by atoms with van der Waals surface area (Å²) >= 11 is 0. The fraction of sp³-hybridized carbons (Fsp3) is 0.0435. The van der Waals surface area contributed by atoms with E-state index in [-0.39, 0.29) is 0 Å². The summed E-state index contributed by atoms with van der Waals surface area (Å²) in [4.78, 5) is 22.1. The van der Waals surface area contributed by atoms with Crippen molar-refractivity contribution in [3.63, 3.8) is 0 Å². The number of fused-ring (bicyclic) bond motifs is 1. The smallest absolute Gasteiger partial charge is 0.218 e. The van der Waals surface area contributed by atoms with Crippen molar-refractivity contribution in [2.24, 2.45) is 0 Å². The molecule has 6 nitrogen and oxygen atoms in total. The molecule has 0 aliphatic carbocycles. The van der Waals surface area contributed by atoms with E-state index in [0.717, 1.165) is 22.7 Å². The van der Waals surface area contributed by atoms with Gasteiger partial charge >= 0.3 is 0 Å². The van der Waals surface area contributed by atoms with Gasteiger partial charge in [0, 0.05) is 35.9 Å². The molecular formula is C23H17N5O. The molecule has 1 N–H and O–H groups in total. The summed E-state index contributed by atoms with van der Waals surface area (Å²) in [7, 11) is 0. The molecular weight excluding hydrogens is 362 g/mol. The molecule has 6 heteroatoms. The molecule has 0 saturated carbocycles. The Morgan fingerprint density at radius 2 is 1.72 bits per heavy atom. The van der Waals surface area contributed by atoms with Gasteiger partial charge in [-0.05, 0) is 42.0 Å². The van der Waals surface area contributed by atoms with Crippen molar-refractivity contribution in [1.29, 1.82) is 5.26 Å². The molecule has 2 aromatic carbocycles. The third-order valence-corrected chi connectivity index (χ3v) is 4.64. The van der Waals surface area contributed by atoms with E-state index in [0.29, 0.717) is 29.3 Å². The van der Waals surface area contributed by atoms with Gasteiger partial charge in [-0.3, -0.25) is 14.7 Å². The Balaban J connectivity index is 1.76. The van der Waals surface area contributed by atoms with Crippen molar-refractivity contribution < 1.29 is 4.79 Å². The molecule has 140 valence electrons. The number of pyridine rings is 2. The lowest BCUT2D eigenvalue weighted by Crippen LogP contribution is -2.17. The van der Waals surface area contributed by atoms with Gasteiger partial charge in [0.05, 0.1) is 23.0 Å². The summed E-state index contributed by atoms with van der Waals surface area (Å²) in [6, 6.07) is 20.7. The average molecular weight is 379 g/mol. The number of nitrogens with zero attached hydrogens (tertiary/aromatic N) is 4. The van der Waals surface area contributed by atoms with E-state index in [4.69, 9.17) is 0 Å². The van der Waals surface area contributed by atoms with Gasteiger partial charge < -0.3 is 5.32 Å². The summed E-state index contributed by atoms with van der Waals surface area (Å²) in [6.07, 6.45) is 5.91. The minimum Gasteiger partial charge on any atom is -0.364 e. The Morgan fingerprint density at radius 3 is 2.48 bits per heavy atom. The number of nitrogens with one attached hydrogen (secondary N) is 1. The molecule has 29 heavy (non-hydrogen) atoms. The number of anilines is 3. The summed E-state index contributed by atoms with van der Waals surface area (Å²) in [5, 5.41) is 14.3. The maximum atomic E-state index is 12.1. The Hall–Kier alpha value is -4.24. The molecule has 0 unspecified atom stereocenters. The normalized spacial score (nSPS) is 10.3. The number of carbonyl (C=O) groups excluding carboxylic acids is 1. The van der Waals surface area contributed by atoms with Crippen LogP contribution in [0.2, 0.25) is 0 Å². The monoisotopic (exact) mass is 379 g/mol. The van der Waals surface area contributed by atoms with E-state index < -0.39 is 0 Å². The van der Waals surface area contributed by atoms with Crippen LogP contribution >= 0.6 is 0 Å². The van der Waals surface area contributed by atoms with E-state index in [9.17, 15) is 10.1 Å². The van der Waals surface area contributed by atoms with Gasteiger partial charge in [-0.1, -0.05) is 24.3 Å². The third-order valence-electron chi connectivity index (χ3n) is 4.64. The number of amides is 1. The zero-order valence-corrected chi connectivity index (χ0v) is 15.5. The summed E-state index contributed by atoms with van der Waals surface area (Å²) in [5.74, 6) is 0.588. The lowest BCUT2D eigenvalue weighted by atomic mass is 10.0. The number of benzene rings is 2. The third kappa shape index (κ3) is 3.62. The van der Waals surface area contributed by atoms with E-state index in [1.165, 1.54) is 0 Å². The summed E-state index contributed by atoms with van der Waals surface area (Å²) in [5.41, 5.74) is 2.94. The van der Waals surface area contributed by atoms with Gasteiger partial charge in [-0.25, -0.2) is 4.98 Å². The van der Waals surface area contributed by atoms with Crippen molar-refractivity contribution in [2.45, 2.75) is 6.54 Å². The van der Waals surface area contributed by atoms with Crippen LogP contribution in [0.1, 0.15) is 11.1 Å². The van der Waals surface area contributed by atoms with Gasteiger partial charge in [0.2, 0.25) is 6.41 Å². The molecule has 4 rings (SSSR count). The lowest BCUT2D eigenvalue weighted by Gasteiger charge is -2.22. The van der Waals surface area contributed by atoms with Crippen molar-refractivity contribution in [3.05, 3.63) is 90.4 Å². The highest BCUT2D eigenvalue weighted by Gasteiger charge is 2.17. The molecule has 4 aromatic rings. The summed E-state index contributed by atoms with van der Waals surface area (Å²) < 4.78 is 0. The van der Waals surface area contributed by atoms with Crippen LogP contribution in [0, 0.1) is 11.3 Å².